The summed E-state index contributed by atoms with van der Waals surface area (Å²) in [6.07, 6.45) is 23.5. The Morgan fingerprint density at radius 3 is 2.09 bits per heavy atom. The van der Waals surface area contributed by atoms with E-state index >= 15 is 0 Å². The van der Waals surface area contributed by atoms with Crippen LogP contribution in [0.25, 0.3) is 0 Å². The maximum absolute atomic E-state index is 11.0. The molecule has 8 bridgehead atoms. The number of rotatable bonds is 9. The first-order chi connectivity index (χ1) is 21.1. The summed E-state index contributed by atoms with van der Waals surface area (Å²) in [6, 6.07) is 10.8. The zero-order valence-electron chi connectivity index (χ0n) is 27.4. The predicted molar refractivity (Wildman–Crippen MR) is 180 cm³/mol. The molecule has 6 atom stereocenters. The number of benzene rings is 2. The van der Waals surface area contributed by atoms with Crippen LogP contribution in [0.4, 0.5) is 11.4 Å². The molecule has 2 aromatic rings. The Balaban J connectivity index is 1.24. The van der Waals surface area contributed by atoms with E-state index in [0.717, 1.165) is 42.6 Å². The van der Waals surface area contributed by atoms with Gasteiger partial charge in [0.2, 0.25) is 0 Å². The molecular formula is C40H56N2O2. The number of anilines is 2. The van der Waals surface area contributed by atoms with Crippen LogP contribution < -0.4 is 11.5 Å². The molecule has 4 heteroatoms. The molecule has 8 aliphatic carbocycles. The molecular weight excluding hydrogens is 540 g/mol. The van der Waals surface area contributed by atoms with Crippen LogP contribution in [0.1, 0.15) is 140 Å². The molecule has 8 aliphatic rings. The molecule has 8 saturated carbocycles. The molecule has 10 rings (SSSR count). The summed E-state index contributed by atoms with van der Waals surface area (Å²) in [4.78, 5) is 0. The van der Waals surface area contributed by atoms with E-state index in [2.05, 4.69) is 38.1 Å². The smallest absolute Gasteiger partial charge is 0.141 e. The SMILES string of the molecule is CCCCc1cc(C23CC4CC(C2)CC(C25CC6CC(CCCC)(CC(c7ccc(O)c(N)c7)(C6)C2)C5)(C4)C3)cc(N)c1O. The third kappa shape index (κ3) is 4.13. The van der Waals surface area contributed by atoms with Crippen molar-refractivity contribution in [2.45, 2.75) is 140 Å². The Morgan fingerprint density at radius 1 is 0.682 bits per heavy atom. The van der Waals surface area contributed by atoms with Crippen molar-refractivity contribution in [1.29, 1.82) is 0 Å². The molecule has 4 nitrogen and oxygen atoms in total. The maximum atomic E-state index is 11.0. The van der Waals surface area contributed by atoms with E-state index in [1.165, 1.54) is 107 Å². The van der Waals surface area contributed by atoms with E-state index in [0.29, 0.717) is 33.4 Å². The van der Waals surface area contributed by atoms with Crippen molar-refractivity contribution in [1.82, 2.24) is 0 Å². The predicted octanol–water partition coefficient (Wildman–Crippen LogP) is 9.54. The number of phenols is 2. The standard InChI is InChI=1S/C40H56N2O2/c1-3-5-7-29-12-31(14-33(42)35(29)44)37-16-26-11-27(17-37)20-39(19-26,24-37)40-21-28-15-36(23-40,10-6-4-2)22-38(18-28,25-40)30-8-9-34(43)32(41)13-30/h8-9,12-14,26-28,43-44H,3-7,10-11,15-25,41-42H2,1-2H3. The van der Waals surface area contributed by atoms with Crippen molar-refractivity contribution >= 4 is 11.4 Å². The Bertz CT molecular complexity index is 1450. The molecule has 0 spiro atoms. The fraction of sp³-hybridized carbons (Fsp3) is 0.700. The normalized spacial score (nSPS) is 41.5. The Labute approximate surface area is 265 Å². The lowest BCUT2D eigenvalue weighted by Crippen LogP contribution is -2.68. The first-order valence-electron chi connectivity index (χ1n) is 18.3. The van der Waals surface area contributed by atoms with Crippen molar-refractivity contribution in [2.24, 2.45) is 34.0 Å². The van der Waals surface area contributed by atoms with Crippen LogP contribution in [-0.4, -0.2) is 10.2 Å². The summed E-state index contributed by atoms with van der Waals surface area (Å²) in [5.74, 6) is 2.97. The van der Waals surface area contributed by atoms with Gasteiger partial charge >= 0.3 is 0 Å². The van der Waals surface area contributed by atoms with E-state index in [1.54, 1.807) is 0 Å². The second kappa shape index (κ2) is 9.82. The number of phenolic OH excluding ortho intramolecular Hbond substituents is 2. The van der Waals surface area contributed by atoms with Gasteiger partial charge in [-0.3, -0.25) is 0 Å². The molecule has 0 saturated heterocycles. The number of aromatic hydroxyl groups is 2. The van der Waals surface area contributed by atoms with Crippen molar-refractivity contribution in [3.63, 3.8) is 0 Å². The summed E-state index contributed by atoms with van der Waals surface area (Å²) < 4.78 is 0. The minimum atomic E-state index is 0.182. The highest BCUT2D eigenvalue weighted by Gasteiger charge is 2.72. The highest BCUT2D eigenvalue weighted by atomic mass is 16.3. The molecule has 0 amide bonds. The van der Waals surface area contributed by atoms with E-state index < -0.39 is 0 Å². The van der Waals surface area contributed by atoms with Gasteiger partial charge in [-0.1, -0.05) is 45.2 Å². The summed E-state index contributed by atoms with van der Waals surface area (Å²) in [7, 11) is 0. The van der Waals surface area contributed by atoms with E-state index in [9.17, 15) is 10.2 Å². The second-order valence-corrected chi connectivity index (χ2v) is 17.6. The van der Waals surface area contributed by atoms with Crippen molar-refractivity contribution < 1.29 is 10.2 Å². The van der Waals surface area contributed by atoms with Gasteiger partial charge < -0.3 is 21.7 Å². The van der Waals surface area contributed by atoms with Crippen LogP contribution in [-0.2, 0) is 17.3 Å². The summed E-state index contributed by atoms with van der Waals surface area (Å²) in [5.41, 5.74) is 19.6. The lowest BCUT2D eigenvalue weighted by atomic mass is 9.28. The van der Waals surface area contributed by atoms with Crippen LogP contribution >= 0.6 is 0 Å². The molecule has 8 fully saturated rings. The molecule has 0 aromatic heterocycles. The van der Waals surface area contributed by atoms with Crippen molar-refractivity contribution in [2.75, 3.05) is 11.5 Å². The minimum Gasteiger partial charge on any atom is -0.506 e. The molecule has 0 radical (unpaired) electrons. The van der Waals surface area contributed by atoms with Gasteiger partial charge in [0, 0.05) is 0 Å². The second-order valence-electron chi connectivity index (χ2n) is 17.6. The van der Waals surface area contributed by atoms with Crippen LogP contribution in [0.15, 0.2) is 30.3 Å². The highest BCUT2D eigenvalue weighted by molar-refractivity contribution is 5.60. The van der Waals surface area contributed by atoms with E-state index in [4.69, 9.17) is 11.5 Å². The van der Waals surface area contributed by atoms with Gasteiger partial charge in [-0.25, -0.2) is 0 Å². The van der Waals surface area contributed by atoms with Crippen LogP contribution in [0.5, 0.6) is 11.5 Å². The van der Waals surface area contributed by atoms with Gasteiger partial charge in [-0.05, 0) is 176 Å². The minimum absolute atomic E-state index is 0.182. The number of aryl methyl sites for hydroxylation is 1. The third-order valence-electron chi connectivity index (χ3n) is 14.7. The number of unbranched alkanes of at least 4 members (excludes halogenated alkanes) is 2. The molecule has 0 heterocycles. The molecule has 44 heavy (non-hydrogen) atoms. The van der Waals surface area contributed by atoms with E-state index in [1.807, 2.05) is 6.07 Å². The fourth-order valence-electron chi connectivity index (χ4n) is 14.1. The number of nitrogens with two attached hydrogens (primary N) is 2. The summed E-state index contributed by atoms with van der Waals surface area (Å²) in [6.45, 7) is 4.60. The summed E-state index contributed by atoms with van der Waals surface area (Å²) in [5, 5.41) is 21.3. The molecule has 238 valence electrons. The highest BCUT2D eigenvalue weighted by Crippen LogP contribution is 2.81. The van der Waals surface area contributed by atoms with Gasteiger partial charge in [-0.15, -0.1) is 0 Å². The van der Waals surface area contributed by atoms with Crippen LogP contribution in [0.2, 0.25) is 0 Å². The first-order valence-corrected chi connectivity index (χ1v) is 18.3. The maximum Gasteiger partial charge on any atom is 0.141 e. The number of hydrogen-bond donors (Lipinski definition) is 4. The molecule has 6 unspecified atom stereocenters. The average Bonchev–Trinajstić information content (AvgIpc) is 2.97. The largest absolute Gasteiger partial charge is 0.506 e. The quantitative estimate of drug-likeness (QED) is 0.171. The van der Waals surface area contributed by atoms with Gasteiger partial charge in [0.05, 0.1) is 11.4 Å². The molecule has 2 aromatic carbocycles. The fourth-order valence-corrected chi connectivity index (χ4v) is 14.1. The number of hydrogen-bond acceptors (Lipinski definition) is 4. The molecule has 6 N–H and O–H groups in total. The lowest BCUT2D eigenvalue weighted by Gasteiger charge is -2.76. The summed E-state index contributed by atoms with van der Waals surface area (Å²) >= 11 is 0. The van der Waals surface area contributed by atoms with Crippen LogP contribution in [0.3, 0.4) is 0 Å². The first kappa shape index (κ1) is 29.1. The van der Waals surface area contributed by atoms with Crippen molar-refractivity contribution in [3.8, 4) is 11.5 Å². The lowest BCUT2D eigenvalue weighted by molar-refractivity contribution is -0.234. The average molecular weight is 597 g/mol. The van der Waals surface area contributed by atoms with Gasteiger partial charge in [0.1, 0.15) is 11.5 Å². The van der Waals surface area contributed by atoms with Gasteiger partial charge in [0.25, 0.3) is 0 Å². The van der Waals surface area contributed by atoms with Gasteiger partial charge in [0.15, 0.2) is 0 Å². The van der Waals surface area contributed by atoms with Gasteiger partial charge in [-0.2, -0.15) is 0 Å². The zero-order chi connectivity index (χ0) is 30.5. The monoisotopic (exact) mass is 596 g/mol. The Kier molecular flexibility index (Phi) is 6.49. The Morgan fingerprint density at radius 2 is 1.36 bits per heavy atom. The van der Waals surface area contributed by atoms with E-state index in [-0.39, 0.29) is 16.6 Å². The van der Waals surface area contributed by atoms with Crippen molar-refractivity contribution in [3.05, 3.63) is 47.0 Å². The molecule has 0 aliphatic heterocycles. The Hall–Kier alpha value is -2.36. The zero-order valence-corrected chi connectivity index (χ0v) is 27.4. The number of nitrogen functional groups attached to an aromatic ring is 2. The topological polar surface area (TPSA) is 92.5 Å². The van der Waals surface area contributed by atoms with Crippen LogP contribution in [0, 0.1) is 34.0 Å². The third-order valence-corrected chi connectivity index (χ3v) is 14.7.